The zero-order valence-corrected chi connectivity index (χ0v) is 10.2. The third-order valence-electron chi connectivity index (χ3n) is 3.51. The fourth-order valence-corrected chi connectivity index (χ4v) is 2.50. The molecule has 2 rings (SSSR count). The summed E-state index contributed by atoms with van der Waals surface area (Å²) in [6.07, 6.45) is 3.31. The summed E-state index contributed by atoms with van der Waals surface area (Å²) >= 11 is 0. The number of carbonyl (C=O) groups excluding carboxylic acids is 1. The molecule has 1 heterocycles. The highest BCUT2D eigenvalue weighted by Crippen LogP contribution is 2.30. The van der Waals surface area contributed by atoms with Gasteiger partial charge in [-0.25, -0.2) is 0 Å². The first kappa shape index (κ1) is 11.9. The minimum Gasteiger partial charge on any atom is -0.367 e. The van der Waals surface area contributed by atoms with Gasteiger partial charge >= 0.3 is 0 Å². The first-order chi connectivity index (χ1) is 7.52. The summed E-state index contributed by atoms with van der Waals surface area (Å²) in [6.45, 7) is 5.89. The Morgan fingerprint density at radius 2 is 2.19 bits per heavy atom. The standard InChI is InChI=1S/C12H22N2O2/c1-12(2)8-14(7-10(6-13)16-12)11(15)9-4-3-5-9/h9-10H,3-8,13H2,1-2H3. The van der Waals surface area contributed by atoms with Gasteiger partial charge in [-0.3, -0.25) is 4.79 Å². The molecule has 1 unspecified atom stereocenters. The van der Waals surface area contributed by atoms with Crippen molar-refractivity contribution in [2.45, 2.75) is 44.8 Å². The van der Waals surface area contributed by atoms with E-state index in [1.165, 1.54) is 6.42 Å². The minimum atomic E-state index is -0.262. The smallest absolute Gasteiger partial charge is 0.225 e. The van der Waals surface area contributed by atoms with Crippen molar-refractivity contribution in [1.29, 1.82) is 0 Å². The van der Waals surface area contributed by atoms with E-state index in [1.807, 2.05) is 18.7 Å². The molecule has 92 valence electrons. The molecule has 0 radical (unpaired) electrons. The maximum atomic E-state index is 12.2. The molecule has 1 amide bonds. The van der Waals surface area contributed by atoms with E-state index in [-0.39, 0.29) is 17.6 Å². The maximum Gasteiger partial charge on any atom is 0.225 e. The van der Waals surface area contributed by atoms with Crippen LogP contribution in [0.3, 0.4) is 0 Å². The molecule has 0 aromatic rings. The normalized spacial score (nSPS) is 29.9. The number of rotatable bonds is 2. The summed E-state index contributed by atoms with van der Waals surface area (Å²) in [5, 5.41) is 0. The van der Waals surface area contributed by atoms with Gasteiger partial charge in [-0.05, 0) is 26.7 Å². The van der Waals surface area contributed by atoms with E-state index in [9.17, 15) is 4.79 Å². The maximum absolute atomic E-state index is 12.2. The molecule has 1 saturated carbocycles. The Morgan fingerprint density at radius 1 is 1.50 bits per heavy atom. The lowest BCUT2D eigenvalue weighted by molar-refractivity contribution is -0.164. The molecule has 2 N–H and O–H groups in total. The summed E-state index contributed by atoms with van der Waals surface area (Å²) in [4.78, 5) is 14.1. The molecule has 1 atom stereocenters. The Morgan fingerprint density at radius 3 is 2.69 bits per heavy atom. The van der Waals surface area contributed by atoms with E-state index >= 15 is 0 Å². The quantitative estimate of drug-likeness (QED) is 0.756. The number of morpholine rings is 1. The lowest BCUT2D eigenvalue weighted by Gasteiger charge is -2.44. The predicted molar refractivity (Wildman–Crippen MR) is 61.9 cm³/mol. The Labute approximate surface area is 97.1 Å². The molecule has 2 aliphatic rings. The summed E-state index contributed by atoms with van der Waals surface area (Å²) in [7, 11) is 0. The highest BCUT2D eigenvalue weighted by molar-refractivity contribution is 5.79. The fraction of sp³-hybridized carbons (Fsp3) is 0.917. The zero-order valence-electron chi connectivity index (χ0n) is 10.2. The van der Waals surface area contributed by atoms with Crippen LogP contribution in [0.5, 0.6) is 0 Å². The van der Waals surface area contributed by atoms with E-state index in [1.54, 1.807) is 0 Å². The molecular weight excluding hydrogens is 204 g/mol. The second-order valence-electron chi connectivity index (χ2n) is 5.58. The molecule has 2 fully saturated rings. The van der Waals surface area contributed by atoms with Crippen LogP contribution in [0.25, 0.3) is 0 Å². The largest absolute Gasteiger partial charge is 0.367 e. The van der Waals surface area contributed by atoms with Crippen LogP contribution in [0.2, 0.25) is 0 Å². The van der Waals surface area contributed by atoms with E-state index in [0.29, 0.717) is 25.5 Å². The van der Waals surface area contributed by atoms with Crippen molar-refractivity contribution in [3.63, 3.8) is 0 Å². The van der Waals surface area contributed by atoms with Crippen molar-refractivity contribution in [3.8, 4) is 0 Å². The van der Waals surface area contributed by atoms with Gasteiger partial charge in [0.2, 0.25) is 5.91 Å². The average molecular weight is 226 g/mol. The first-order valence-electron chi connectivity index (χ1n) is 6.18. The van der Waals surface area contributed by atoms with Gasteiger partial charge in [-0.1, -0.05) is 6.42 Å². The van der Waals surface area contributed by atoms with Crippen LogP contribution >= 0.6 is 0 Å². The van der Waals surface area contributed by atoms with E-state index in [0.717, 1.165) is 12.8 Å². The first-order valence-corrected chi connectivity index (χ1v) is 6.18. The highest BCUT2D eigenvalue weighted by atomic mass is 16.5. The van der Waals surface area contributed by atoms with Gasteiger partial charge in [0.05, 0.1) is 11.7 Å². The lowest BCUT2D eigenvalue weighted by atomic mass is 9.84. The van der Waals surface area contributed by atoms with Crippen LogP contribution in [0.1, 0.15) is 33.1 Å². The van der Waals surface area contributed by atoms with Gasteiger partial charge in [-0.15, -0.1) is 0 Å². The Bertz CT molecular complexity index is 274. The molecule has 0 bridgehead atoms. The van der Waals surface area contributed by atoms with Gasteiger partial charge in [0.25, 0.3) is 0 Å². The number of amides is 1. The summed E-state index contributed by atoms with van der Waals surface area (Å²) in [5.74, 6) is 0.577. The summed E-state index contributed by atoms with van der Waals surface area (Å²) in [5.41, 5.74) is 5.38. The number of ether oxygens (including phenoxy) is 1. The van der Waals surface area contributed by atoms with Crippen molar-refractivity contribution in [3.05, 3.63) is 0 Å². The molecule has 0 aromatic carbocycles. The number of hydrogen-bond acceptors (Lipinski definition) is 3. The summed E-state index contributed by atoms with van der Waals surface area (Å²) < 4.78 is 5.82. The number of nitrogens with zero attached hydrogens (tertiary/aromatic N) is 1. The Balaban J connectivity index is 2.00. The number of hydrogen-bond donors (Lipinski definition) is 1. The molecule has 4 heteroatoms. The van der Waals surface area contributed by atoms with Crippen molar-refractivity contribution >= 4 is 5.91 Å². The zero-order chi connectivity index (χ0) is 11.8. The van der Waals surface area contributed by atoms with Gasteiger partial charge in [0.15, 0.2) is 0 Å². The van der Waals surface area contributed by atoms with Crippen molar-refractivity contribution in [1.82, 2.24) is 4.90 Å². The second kappa shape index (κ2) is 4.34. The van der Waals surface area contributed by atoms with Crippen molar-refractivity contribution in [2.75, 3.05) is 19.6 Å². The number of nitrogens with two attached hydrogens (primary N) is 1. The molecule has 4 nitrogen and oxygen atoms in total. The lowest BCUT2D eigenvalue weighted by Crippen LogP contribution is -2.57. The minimum absolute atomic E-state index is 0.00669. The topological polar surface area (TPSA) is 55.6 Å². The van der Waals surface area contributed by atoms with Crippen LogP contribution in [-0.2, 0) is 9.53 Å². The summed E-state index contributed by atoms with van der Waals surface area (Å²) in [6, 6.07) is 0. The third-order valence-corrected chi connectivity index (χ3v) is 3.51. The Kier molecular flexibility index (Phi) is 3.22. The SMILES string of the molecule is CC1(C)CN(C(=O)C2CCC2)CC(CN)O1. The molecule has 0 aromatic heterocycles. The Hall–Kier alpha value is -0.610. The van der Waals surface area contributed by atoms with Gasteiger partial charge in [0.1, 0.15) is 0 Å². The molecule has 1 aliphatic carbocycles. The molecular formula is C12H22N2O2. The average Bonchev–Trinajstić information content (AvgIpc) is 2.12. The molecule has 1 saturated heterocycles. The van der Waals surface area contributed by atoms with Gasteiger partial charge < -0.3 is 15.4 Å². The van der Waals surface area contributed by atoms with Crippen LogP contribution in [0.4, 0.5) is 0 Å². The predicted octanol–water partition coefficient (Wildman–Crippen LogP) is 0.751. The monoisotopic (exact) mass is 226 g/mol. The van der Waals surface area contributed by atoms with Gasteiger partial charge in [0, 0.05) is 25.6 Å². The highest BCUT2D eigenvalue weighted by Gasteiger charge is 2.38. The third kappa shape index (κ3) is 2.38. The van der Waals surface area contributed by atoms with Crippen LogP contribution in [0, 0.1) is 5.92 Å². The van der Waals surface area contributed by atoms with E-state index < -0.39 is 0 Å². The van der Waals surface area contributed by atoms with E-state index in [4.69, 9.17) is 10.5 Å². The van der Waals surface area contributed by atoms with Crippen molar-refractivity contribution in [2.24, 2.45) is 11.7 Å². The number of carbonyl (C=O) groups is 1. The van der Waals surface area contributed by atoms with Gasteiger partial charge in [-0.2, -0.15) is 0 Å². The van der Waals surface area contributed by atoms with Crippen molar-refractivity contribution < 1.29 is 9.53 Å². The molecule has 0 spiro atoms. The van der Waals surface area contributed by atoms with Crippen LogP contribution < -0.4 is 5.73 Å². The molecule has 16 heavy (non-hydrogen) atoms. The van der Waals surface area contributed by atoms with E-state index in [2.05, 4.69) is 0 Å². The fourth-order valence-electron chi connectivity index (χ4n) is 2.50. The van der Waals surface area contributed by atoms with Crippen LogP contribution in [0.15, 0.2) is 0 Å². The van der Waals surface area contributed by atoms with Crippen LogP contribution in [-0.4, -0.2) is 42.1 Å². The second-order valence-corrected chi connectivity index (χ2v) is 5.58. The molecule has 1 aliphatic heterocycles.